The van der Waals surface area contributed by atoms with E-state index < -0.39 is 17.7 Å². The van der Waals surface area contributed by atoms with Crippen LogP contribution in [-0.4, -0.2) is 17.7 Å². The van der Waals surface area contributed by atoms with Gasteiger partial charge in [-0.1, -0.05) is 42.5 Å². The maximum absolute atomic E-state index is 11.9. The summed E-state index contributed by atoms with van der Waals surface area (Å²) < 4.78 is 10.1. The van der Waals surface area contributed by atoms with Crippen LogP contribution in [0.1, 0.15) is 13.8 Å². The van der Waals surface area contributed by atoms with Crippen LogP contribution in [0.5, 0.6) is 0 Å². The molecule has 122 valence electrons. The highest BCUT2D eigenvalue weighted by Gasteiger charge is 2.38. The number of carbonyl (C=O) groups excluding carboxylic acids is 2. The zero-order chi connectivity index (χ0) is 17.2. The summed E-state index contributed by atoms with van der Waals surface area (Å²) in [6, 6.07) is 17.6. The molecule has 0 aliphatic carbocycles. The number of hydrogen-bond acceptors (Lipinski definition) is 5. The van der Waals surface area contributed by atoms with Gasteiger partial charge in [0.2, 0.25) is 0 Å². The summed E-state index contributed by atoms with van der Waals surface area (Å²) in [5, 5.41) is 2.95. The van der Waals surface area contributed by atoms with Crippen LogP contribution in [-0.2, 0) is 19.1 Å². The molecule has 3 rings (SSSR count). The first-order chi connectivity index (χ1) is 11.4. The molecule has 0 radical (unpaired) electrons. The van der Waals surface area contributed by atoms with Gasteiger partial charge in [0.25, 0.3) is 5.79 Å². The number of cyclic esters (lactones) is 2. The van der Waals surface area contributed by atoms with Crippen molar-refractivity contribution in [1.29, 1.82) is 0 Å². The summed E-state index contributed by atoms with van der Waals surface area (Å²) in [7, 11) is 0. The van der Waals surface area contributed by atoms with E-state index >= 15 is 0 Å². The van der Waals surface area contributed by atoms with Gasteiger partial charge in [-0.3, -0.25) is 0 Å². The van der Waals surface area contributed by atoms with E-state index in [0.29, 0.717) is 0 Å². The second kappa shape index (κ2) is 6.20. The number of nitrogens with one attached hydrogen (secondary N) is 1. The molecule has 0 spiro atoms. The molecule has 0 unspecified atom stereocenters. The first-order valence-corrected chi connectivity index (χ1v) is 7.53. The molecule has 0 atom stereocenters. The zero-order valence-corrected chi connectivity index (χ0v) is 13.4. The monoisotopic (exact) mass is 323 g/mol. The average Bonchev–Trinajstić information content (AvgIpc) is 2.54. The average molecular weight is 323 g/mol. The number of hydrogen-bond donors (Lipinski definition) is 1. The van der Waals surface area contributed by atoms with Gasteiger partial charge in [-0.15, -0.1) is 0 Å². The van der Waals surface area contributed by atoms with Crippen molar-refractivity contribution in [3.8, 4) is 11.1 Å². The minimum Gasteiger partial charge on any atom is -0.419 e. The predicted molar refractivity (Wildman–Crippen MR) is 89.8 cm³/mol. The summed E-state index contributed by atoms with van der Waals surface area (Å²) in [5.41, 5.74) is 2.68. The summed E-state index contributed by atoms with van der Waals surface area (Å²) in [4.78, 5) is 23.8. The fourth-order valence-corrected chi connectivity index (χ4v) is 2.35. The summed E-state index contributed by atoms with van der Waals surface area (Å²) in [6.45, 7) is 3.02. The number of rotatable bonds is 3. The van der Waals surface area contributed by atoms with Crippen LogP contribution in [0, 0.1) is 0 Å². The summed E-state index contributed by atoms with van der Waals surface area (Å²) >= 11 is 0. The first-order valence-electron chi connectivity index (χ1n) is 7.53. The van der Waals surface area contributed by atoms with E-state index in [1.165, 1.54) is 20.0 Å². The van der Waals surface area contributed by atoms with Gasteiger partial charge in [0.15, 0.2) is 5.57 Å². The first kappa shape index (κ1) is 15.8. The van der Waals surface area contributed by atoms with Crippen LogP contribution in [0.25, 0.3) is 11.1 Å². The van der Waals surface area contributed by atoms with E-state index in [-0.39, 0.29) is 5.57 Å². The number of anilines is 1. The quantitative estimate of drug-likeness (QED) is 0.532. The van der Waals surface area contributed by atoms with Gasteiger partial charge in [0.1, 0.15) is 0 Å². The number of esters is 2. The van der Waals surface area contributed by atoms with Gasteiger partial charge in [-0.25, -0.2) is 9.59 Å². The summed E-state index contributed by atoms with van der Waals surface area (Å²) in [6.07, 6.45) is 1.31. The van der Waals surface area contributed by atoms with E-state index in [1.54, 1.807) is 0 Å². The van der Waals surface area contributed by atoms with E-state index in [2.05, 4.69) is 5.32 Å². The van der Waals surface area contributed by atoms with Crippen LogP contribution in [0.3, 0.4) is 0 Å². The Bertz CT molecular complexity index is 787. The van der Waals surface area contributed by atoms with Crippen LogP contribution in [0.15, 0.2) is 66.4 Å². The molecule has 1 heterocycles. The smallest absolute Gasteiger partial charge is 0.350 e. The fourth-order valence-electron chi connectivity index (χ4n) is 2.35. The highest BCUT2D eigenvalue weighted by Crippen LogP contribution is 2.24. The zero-order valence-electron chi connectivity index (χ0n) is 13.4. The molecule has 24 heavy (non-hydrogen) atoms. The van der Waals surface area contributed by atoms with Crippen LogP contribution in [0.4, 0.5) is 5.69 Å². The Balaban J connectivity index is 1.80. The second-order valence-corrected chi connectivity index (χ2v) is 5.83. The summed E-state index contributed by atoms with van der Waals surface area (Å²) in [5.74, 6) is -2.65. The maximum atomic E-state index is 11.9. The van der Waals surface area contributed by atoms with Crippen molar-refractivity contribution in [3.63, 3.8) is 0 Å². The van der Waals surface area contributed by atoms with Gasteiger partial charge >= 0.3 is 11.9 Å². The van der Waals surface area contributed by atoms with Crippen molar-refractivity contribution in [2.45, 2.75) is 19.6 Å². The standard InChI is InChI=1S/C19H17NO4/c1-19(2)23-17(21)16(18(22)24-19)12-20-15-10-6-9-14(11-15)13-7-4-3-5-8-13/h3-12,20H,1-2H3. The molecule has 5 nitrogen and oxygen atoms in total. The second-order valence-electron chi connectivity index (χ2n) is 5.83. The van der Waals surface area contributed by atoms with Crippen molar-refractivity contribution < 1.29 is 19.1 Å². The van der Waals surface area contributed by atoms with Crippen molar-refractivity contribution >= 4 is 17.6 Å². The Morgan fingerprint density at radius 1 is 0.875 bits per heavy atom. The molecule has 1 aliphatic rings. The van der Waals surface area contributed by atoms with Gasteiger partial charge in [-0.05, 0) is 23.3 Å². The third-order valence-electron chi connectivity index (χ3n) is 3.47. The molecule has 0 saturated carbocycles. The van der Waals surface area contributed by atoms with Gasteiger partial charge in [-0.2, -0.15) is 0 Å². The van der Waals surface area contributed by atoms with E-state index in [9.17, 15) is 9.59 Å². The molecule has 1 aliphatic heterocycles. The molecule has 1 saturated heterocycles. The molecule has 1 N–H and O–H groups in total. The molecular formula is C19H17NO4. The largest absolute Gasteiger partial charge is 0.419 e. The van der Waals surface area contributed by atoms with Crippen molar-refractivity contribution in [2.75, 3.05) is 5.32 Å². The van der Waals surface area contributed by atoms with E-state index in [0.717, 1.165) is 16.8 Å². The maximum Gasteiger partial charge on any atom is 0.350 e. The molecule has 0 bridgehead atoms. The van der Waals surface area contributed by atoms with Crippen LogP contribution < -0.4 is 5.32 Å². The van der Waals surface area contributed by atoms with Gasteiger partial charge in [0, 0.05) is 25.7 Å². The Labute approximate surface area is 139 Å². The number of ether oxygens (including phenoxy) is 2. The number of carbonyl (C=O) groups is 2. The molecule has 0 amide bonds. The molecule has 2 aromatic carbocycles. The lowest BCUT2D eigenvalue weighted by Crippen LogP contribution is -2.42. The fraction of sp³-hybridized carbons (Fsp3) is 0.158. The highest BCUT2D eigenvalue weighted by atomic mass is 16.7. The van der Waals surface area contributed by atoms with Crippen LogP contribution in [0.2, 0.25) is 0 Å². The molecule has 0 aromatic heterocycles. The van der Waals surface area contributed by atoms with Crippen molar-refractivity contribution in [1.82, 2.24) is 0 Å². The van der Waals surface area contributed by atoms with Gasteiger partial charge in [0.05, 0.1) is 0 Å². The molecule has 2 aromatic rings. The SMILES string of the molecule is CC1(C)OC(=O)C(=CNc2cccc(-c3ccccc3)c2)C(=O)O1. The lowest BCUT2D eigenvalue weighted by atomic mass is 10.1. The predicted octanol–water partition coefficient (Wildman–Crippen LogP) is 3.49. The highest BCUT2D eigenvalue weighted by molar-refractivity contribution is 6.15. The van der Waals surface area contributed by atoms with Crippen molar-refractivity contribution in [2.24, 2.45) is 0 Å². The minimum atomic E-state index is -1.24. The van der Waals surface area contributed by atoms with Crippen LogP contribution >= 0.6 is 0 Å². The minimum absolute atomic E-state index is 0.167. The van der Waals surface area contributed by atoms with E-state index in [1.807, 2.05) is 54.6 Å². The Morgan fingerprint density at radius 3 is 2.17 bits per heavy atom. The number of benzene rings is 2. The van der Waals surface area contributed by atoms with Gasteiger partial charge < -0.3 is 14.8 Å². The van der Waals surface area contributed by atoms with E-state index in [4.69, 9.17) is 9.47 Å². The molecule has 5 heteroatoms. The third-order valence-corrected chi connectivity index (χ3v) is 3.47. The third kappa shape index (κ3) is 3.46. The normalized spacial score (nSPS) is 16.2. The Kier molecular flexibility index (Phi) is 4.08. The molecular weight excluding hydrogens is 306 g/mol. The Morgan fingerprint density at radius 2 is 1.50 bits per heavy atom. The topological polar surface area (TPSA) is 64.6 Å². The van der Waals surface area contributed by atoms with Crippen molar-refractivity contribution in [3.05, 3.63) is 66.4 Å². The lowest BCUT2D eigenvalue weighted by Gasteiger charge is -2.29. The lowest BCUT2D eigenvalue weighted by molar-refractivity contribution is -0.222. The Hall–Kier alpha value is -3.08. The molecule has 1 fully saturated rings.